The van der Waals surface area contributed by atoms with E-state index in [1.807, 2.05) is 25.1 Å². The molecule has 240 valence electrons. The van der Waals surface area contributed by atoms with Crippen LogP contribution in [0.5, 0.6) is 0 Å². The maximum Gasteiger partial charge on any atom is 0.253 e. The van der Waals surface area contributed by atoms with Crippen LogP contribution in [0.15, 0.2) is 65.6 Å². The third kappa shape index (κ3) is 8.42. The minimum absolute atomic E-state index is 0.0406. The lowest BCUT2D eigenvalue weighted by Gasteiger charge is -2.42. The van der Waals surface area contributed by atoms with Crippen LogP contribution in [0.4, 0.5) is 8.78 Å². The number of nitrogens with zero attached hydrogens (tertiary/aromatic N) is 2. The molecule has 1 heterocycles. The first-order valence-corrected chi connectivity index (χ1v) is 17.5. The molecule has 0 saturated heterocycles. The number of nitrogens with one attached hydrogen (secondary N) is 1. The fourth-order valence-corrected chi connectivity index (χ4v) is 8.48. The van der Waals surface area contributed by atoms with E-state index in [9.17, 15) is 36.2 Å². The molecule has 1 aliphatic heterocycles. The molecule has 0 fully saturated rings. The molecule has 44 heavy (non-hydrogen) atoms. The number of carbonyl (C=O) groups is 1. The summed E-state index contributed by atoms with van der Waals surface area (Å²) in [5.74, 6) is -1.77. The minimum Gasteiger partial charge on any atom is -0.390 e. The third-order valence-electron chi connectivity index (χ3n) is 7.53. The van der Waals surface area contributed by atoms with Crippen LogP contribution in [0.1, 0.15) is 45.6 Å². The van der Waals surface area contributed by atoms with Crippen LogP contribution in [-0.4, -0.2) is 83.3 Å². The number of carbonyl (C=O) groups excluding carboxylic acids is 1. The highest BCUT2D eigenvalue weighted by Gasteiger charge is 2.32. The van der Waals surface area contributed by atoms with Crippen molar-refractivity contribution in [1.29, 1.82) is 0 Å². The average Bonchev–Trinajstić information content (AvgIpc) is 2.96. The van der Waals surface area contributed by atoms with E-state index in [1.54, 1.807) is 14.1 Å². The second-order valence-corrected chi connectivity index (χ2v) is 15.4. The molecule has 4 N–H and O–H groups in total. The van der Waals surface area contributed by atoms with E-state index in [2.05, 4.69) is 5.32 Å². The van der Waals surface area contributed by atoms with Crippen molar-refractivity contribution in [3.05, 3.63) is 100 Å². The van der Waals surface area contributed by atoms with E-state index in [1.165, 1.54) is 29.2 Å². The van der Waals surface area contributed by atoms with Crippen molar-refractivity contribution in [3.63, 3.8) is 0 Å². The first kappa shape index (κ1) is 34.0. The summed E-state index contributed by atoms with van der Waals surface area (Å²) in [5, 5.41) is 14.3. The van der Waals surface area contributed by atoms with E-state index in [4.69, 9.17) is 0 Å². The van der Waals surface area contributed by atoms with Gasteiger partial charge in [0.15, 0.2) is 0 Å². The highest BCUT2D eigenvalue weighted by Crippen LogP contribution is 2.50. The third-order valence-corrected chi connectivity index (χ3v) is 11.0. The zero-order valence-electron chi connectivity index (χ0n) is 24.9. The van der Waals surface area contributed by atoms with Gasteiger partial charge in [0.1, 0.15) is 11.6 Å². The summed E-state index contributed by atoms with van der Waals surface area (Å²) >= 11 is 0. The van der Waals surface area contributed by atoms with Gasteiger partial charge in [-0.25, -0.2) is 17.2 Å². The smallest absolute Gasteiger partial charge is 0.253 e. The summed E-state index contributed by atoms with van der Waals surface area (Å²) in [4.78, 5) is 13.7. The average molecular weight is 652 g/mol. The van der Waals surface area contributed by atoms with Gasteiger partial charge in [-0.1, -0.05) is 31.2 Å². The normalized spacial score (nSPS) is 17.6. The molecule has 0 unspecified atom stereocenters. The van der Waals surface area contributed by atoms with Crippen molar-refractivity contribution in [1.82, 2.24) is 14.5 Å². The van der Waals surface area contributed by atoms with Crippen LogP contribution in [0.2, 0.25) is 0 Å². The Kier molecular flexibility index (Phi) is 10.8. The lowest BCUT2D eigenvalue weighted by atomic mass is 9.98. The first-order chi connectivity index (χ1) is 20.7. The molecule has 1 aliphatic rings. The van der Waals surface area contributed by atoms with Crippen LogP contribution in [-0.2, 0) is 28.6 Å². The molecule has 4 rings (SSSR count). The molecule has 9 nitrogen and oxygen atoms in total. The van der Waals surface area contributed by atoms with Crippen LogP contribution in [0.3, 0.4) is 0 Å². The fourth-order valence-electron chi connectivity index (χ4n) is 5.25. The molecule has 0 bridgehead atoms. The zero-order chi connectivity index (χ0) is 32.2. The van der Waals surface area contributed by atoms with E-state index in [0.29, 0.717) is 0 Å². The lowest BCUT2D eigenvalue weighted by Crippen LogP contribution is -2.44. The van der Waals surface area contributed by atoms with Gasteiger partial charge in [0.2, 0.25) is 10.0 Å². The molecule has 13 heteroatoms. The zero-order valence-corrected chi connectivity index (χ0v) is 26.5. The van der Waals surface area contributed by atoms with E-state index in [0.717, 1.165) is 45.6 Å². The monoisotopic (exact) mass is 651 g/mol. The SMILES string of the molecule is CCc1ccc2c(c1)[C@@H](NC[C@H](O)CN(CCc1cc(F)cc(F)c1)S(=O)(=O)c1cccc(C(=O)N(C)C)c1)CS(O)(O)C2. The molecule has 1 amide bonds. The van der Waals surface area contributed by atoms with E-state index < -0.39 is 50.3 Å². The summed E-state index contributed by atoms with van der Waals surface area (Å²) < 4.78 is 77.5. The van der Waals surface area contributed by atoms with Crippen molar-refractivity contribution >= 4 is 26.5 Å². The maximum atomic E-state index is 13.9. The molecule has 0 aromatic heterocycles. The summed E-state index contributed by atoms with van der Waals surface area (Å²) in [6, 6.07) is 13.9. The van der Waals surface area contributed by atoms with Crippen LogP contribution in [0, 0.1) is 11.6 Å². The topological polar surface area (TPSA) is 130 Å². The Hall–Kier alpha value is -2.91. The van der Waals surface area contributed by atoms with Gasteiger partial charge in [0.05, 0.1) is 28.5 Å². The Bertz CT molecular complexity index is 1580. The van der Waals surface area contributed by atoms with Gasteiger partial charge in [-0.2, -0.15) is 14.9 Å². The number of rotatable bonds is 12. The molecule has 0 aliphatic carbocycles. The molecule has 2 atom stereocenters. The molecule has 0 saturated carbocycles. The van der Waals surface area contributed by atoms with E-state index in [-0.39, 0.29) is 53.6 Å². The van der Waals surface area contributed by atoms with Crippen molar-refractivity contribution in [2.75, 3.05) is 39.5 Å². The first-order valence-electron chi connectivity index (χ1n) is 14.2. The molecule has 3 aromatic carbocycles. The number of aliphatic hydroxyl groups excluding tert-OH is 1. The van der Waals surface area contributed by atoms with Gasteiger partial charge in [-0.3, -0.25) is 13.9 Å². The van der Waals surface area contributed by atoms with Crippen molar-refractivity contribution in [3.8, 4) is 0 Å². The minimum atomic E-state index is -4.28. The molecular weight excluding hydrogens is 612 g/mol. The predicted molar refractivity (Wildman–Crippen MR) is 167 cm³/mol. The van der Waals surface area contributed by atoms with Gasteiger partial charge >= 0.3 is 0 Å². The van der Waals surface area contributed by atoms with E-state index >= 15 is 0 Å². The fraction of sp³-hybridized carbons (Fsp3) is 0.387. The summed E-state index contributed by atoms with van der Waals surface area (Å²) in [5.41, 5.74) is 3.19. The van der Waals surface area contributed by atoms with Gasteiger partial charge in [0.25, 0.3) is 5.91 Å². The Morgan fingerprint density at radius 1 is 1.05 bits per heavy atom. The number of fused-ring (bicyclic) bond motifs is 1. The molecule has 0 radical (unpaired) electrons. The van der Waals surface area contributed by atoms with Gasteiger partial charge in [0, 0.05) is 45.4 Å². The number of hydrogen-bond acceptors (Lipinski definition) is 7. The van der Waals surface area contributed by atoms with Gasteiger partial charge in [-0.05, 0) is 65.4 Å². The number of aryl methyl sites for hydroxylation is 1. The second kappa shape index (κ2) is 14.0. The lowest BCUT2D eigenvalue weighted by molar-refractivity contribution is 0.0827. The van der Waals surface area contributed by atoms with Crippen molar-refractivity contribution in [2.45, 2.75) is 42.6 Å². The quantitative estimate of drug-likeness (QED) is 0.228. The van der Waals surface area contributed by atoms with Crippen molar-refractivity contribution in [2.24, 2.45) is 0 Å². The Balaban J connectivity index is 1.57. The summed E-state index contributed by atoms with van der Waals surface area (Å²) in [6.45, 7) is 1.37. The van der Waals surface area contributed by atoms with Crippen LogP contribution < -0.4 is 5.32 Å². The largest absolute Gasteiger partial charge is 0.390 e. The Labute approximate surface area is 258 Å². The maximum absolute atomic E-state index is 13.9. The molecule has 3 aromatic rings. The number of sulfonamides is 1. The van der Waals surface area contributed by atoms with Crippen LogP contribution >= 0.6 is 10.6 Å². The number of aliphatic hydroxyl groups is 1. The van der Waals surface area contributed by atoms with Crippen molar-refractivity contribution < 1.29 is 36.2 Å². The molecular formula is C31H39F2N3O6S2. The van der Waals surface area contributed by atoms with Gasteiger partial charge in [-0.15, -0.1) is 0 Å². The number of halogens is 2. The number of hydrogen-bond donors (Lipinski definition) is 4. The molecule has 0 spiro atoms. The van der Waals surface area contributed by atoms with Crippen LogP contribution in [0.25, 0.3) is 0 Å². The highest BCUT2D eigenvalue weighted by atomic mass is 32.3. The number of benzene rings is 3. The number of amides is 1. The predicted octanol–water partition coefficient (Wildman–Crippen LogP) is 4.42. The summed E-state index contributed by atoms with van der Waals surface area (Å²) in [6.07, 6.45) is -0.481. The Morgan fingerprint density at radius 3 is 2.41 bits per heavy atom. The standard InChI is InChI=1S/C31H39F2N3O6S2/c1-4-21-8-9-24-19-43(39,40)20-30(29(24)14-21)34-17-27(37)18-36(11-10-22-12-25(32)16-26(33)13-22)44(41,42)28-7-5-6-23(15-28)31(38)35(2)3/h5-9,12-16,27,30,34,37,39-40H,4,10-11,17-20H2,1-3H3/t27-,30-/m0/s1. The summed E-state index contributed by atoms with van der Waals surface area (Å²) in [7, 11) is -4.09. The second-order valence-electron chi connectivity index (χ2n) is 11.2. The highest BCUT2D eigenvalue weighted by molar-refractivity contribution is 8.23. The van der Waals surface area contributed by atoms with Gasteiger partial charge < -0.3 is 15.3 Å². The Morgan fingerprint density at radius 2 is 1.75 bits per heavy atom.